The van der Waals surface area contributed by atoms with Gasteiger partial charge in [0, 0.05) is 17.7 Å². The molecule has 0 atom stereocenters. The van der Waals surface area contributed by atoms with E-state index in [-0.39, 0.29) is 0 Å². The molecular formula is C15H18N2O4. The molecule has 1 aromatic rings. The summed E-state index contributed by atoms with van der Waals surface area (Å²) in [6.07, 6.45) is 6.35. The number of methoxy groups -OCH3 is 2. The van der Waals surface area contributed by atoms with Gasteiger partial charge in [0.2, 0.25) is 0 Å². The van der Waals surface area contributed by atoms with Crippen LogP contribution in [0.3, 0.4) is 0 Å². The molecule has 0 fully saturated rings. The molecule has 112 valence electrons. The fourth-order valence-corrected chi connectivity index (χ4v) is 1.42. The minimum absolute atomic E-state index is 0.309. The highest BCUT2D eigenvalue weighted by Gasteiger charge is 2.10. The predicted molar refractivity (Wildman–Crippen MR) is 79.1 cm³/mol. The summed E-state index contributed by atoms with van der Waals surface area (Å²) in [5.74, 6) is 0.0638. The summed E-state index contributed by atoms with van der Waals surface area (Å²) >= 11 is 0. The van der Waals surface area contributed by atoms with E-state index in [4.69, 9.17) is 9.47 Å². The number of hydrazine groups is 1. The van der Waals surface area contributed by atoms with Crippen LogP contribution in [0.25, 0.3) is 0 Å². The molecule has 0 aliphatic rings. The summed E-state index contributed by atoms with van der Waals surface area (Å²) in [6, 6.07) is 4.73. The van der Waals surface area contributed by atoms with Gasteiger partial charge in [0.15, 0.2) is 0 Å². The Labute approximate surface area is 123 Å². The third kappa shape index (κ3) is 5.40. The van der Waals surface area contributed by atoms with Crippen LogP contribution in [0.15, 0.2) is 42.5 Å². The lowest BCUT2D eigenvalue weighted by molar-refractivity contribution is -0.117. The number of carbonyl (C=O) groups is 2. The lowest BCUT2D eigenvalue weighted by Gasteiger charge is -2.09. The van der Waals surface area contributed by atoms with Crippen molar-refractivity contribution in [1.29, 1.82) is 0 Å². The summed E-state index contributed by atoms with van der Waals surface area (Å²) in [6.45, 7) is 1.83. The van der Waals surface area contributed by atoms with Gasteiger partial charge in [-0.2, -0.15) is 0 Å². The molecule has 0 saturated heterocycles. The standard InChI is InChI=1S/C15H18N2O4/c1-4-5-6-7-14(18)16-17-15(19)11-8-12(20-2)10-13(9-11)21-3/h4-10H,1-3H3,(H,16,18)(H,17,19)/b5-4+,7-6+. The SMILES string of the molecule is C/C=C/C=C/C(=O)NNC(=O)c1cc(OC)cc(OC)c1. The molecule has 0 heterocycles. The second kappa shape index (κ2) is 8.42. The highest BCUT2D eigenvalue weighted by molar-refractivity contribution is 5.97. The smallest absolute Gasteiger partial charge is 0.269 e. The van der Waals surface area contributed by atoms with Crippen LogP contribution in [0, 0.1) is 0 Å². The van der Waals surface area contributed by atoms with Gasteiger partial charge in [-0.25, -0.2) is 0 Å². The number of benzene rings is 1. The second-order valence-electron chi connectivity index (χ2n) is 3.93. The molecule has 0 aliphatic heterocycles. The zero-order chi connectivity index (χ0) is 15.7. The van der Waals surface area contributed by atoms with Crippen molar-refractivity contribution in [2.24, 2.45) is 0 Å². The maximum absolute atomic E-state index is 11.9. The molecular weight excluding hydrogens is 272 g/mol. The fourth-order valence-electron chi connectivity index (χ4n) is 1.42. The molecule has 0 aromatic heterocycles. The monoisotopic (exact) mass is 290 g/mol. The summed E-state index contributed by atoms with van der Waals surface area (Å²) in [5.41, 5.74) is 4.89. The number of carbonyl (C=O) groups excluding carboxylic acids is 2. The molecule has 1 aromatic carbocycles. The van der Waals surface area contributed by atoms with Gasteiger partial charge in [-0.05, 0) is 19.1 Å². The van der Waals surface area contributed by atoms with E-state index in [9.17, 15) is 9.59 Å². The van der Waals surface area contributed by atoms with Crippen LogP contribution in [-0.4, -0.2) is 26.0 Å². The molecule has 6 heteroatoms. The molecule has 0 radical (unpaired) electrons. The van der Waals surface area contributed by atoms with E-state index in [0.717, 1.165) is 0 Å². The first-order valence-electron chi connectivity index (χ1n) is 6.23. The number of ether oxygens (including phenoxy) is 2. The maximum atomic E-state index is 11.9. The van der Waals surface area contributed by atoms with Gasteiger partial charge >= 0.3 is 0 Å². The zero-order valence-electron chi connectivity index (χ0n) is 12.2. The van der Waals surface area contributed by atoms with Gasteiger partial charge in [0.25, 0.3) is 11.8 Å². The molecule has 2 N–H and O–H groups in total. The van der Waals surface area contributed by atoms with Crippen molar-refractivity contribution in [2.45, 2.75) is 6.92 Å². The van der Waals surface area contributed by atoms with E-state index >= 15 is 0 Å². The number of nitrogens with one attached hydrogen (secondary N) is 2. The van der Waals surface area contributed by atoms with Gasteiger partial charge < -0.3 is 9.47 Å². The Morgan fingerprint density at radius 1 is 1.00 bits per heavy atom. The Morgan fingerprint density at radius 2 is 1.62 bits per heavy atom. The summed E-state index contributed by atoms with van der Waals surface area (Å²) in [5, 5.41) is 0. The van der Waals surface area contributed by atoms with Crippen LogP contribution >= 0.6 is 0 Å². The first-order chi connectivity index (χ1) is 10.1. The number of rotatable bonds is 5. The van der Waals surface area contributed by atoms with Crippen LogP contribution < -0.4 is 20.3 Å². The van der Waals surface area contributed by atoms with E-state index in [1.54, 1.807) is 36.4 Å². The quantitative estimate of drug-likeness (QED) is 0.490. The van der Waals surface area contributed by atoms with E-state index < -0.39 is 11.8 Å². The minimum atomic E-state index is -0.472. The van der Waals surface area contributed by atoms with Gasteiger partial charge in [0.05, 0.1) is 14.2 Å². The van der Waals surface area contributed by atoms with Crippen molar-refractivity contribution in [1.82, 2.24) is 10.9 Å². The first kappa shape index (κ1) is 16.3. The normalized spacial score (nSPS) is 10.6. The third-order valence-corrected chi connectivity index (χ3v) is 2.46. The average molecular weight is 290 g/mol. The summed E-state index contributed by atoms with van der Waals surface area (Å²) in [4.78, 5) is 23.3. The highest BCUT2D eigenvalue weighted by Crippen LogP contribution is 2.22. The Bertz CT molecular complexity index is 543. The van der Waals surface area contributed by atoms with Gasteiger partial charge in [0.1, 0.15) is 11.5 Å². The molecule has 2 amide bonds. The van der Waals surface area contributed by atoms with Crippen LogP contribution in [0.5, 0.6) is 11.5 Å². The van der Waals surface area contributed by atoms with Crippen molar-refractivity contribution in [3.8, 4) is 11.5 Å². The molecule has 21 heavy (non-hydrogen) atoms. The summed E-state index contributed by atoms with van der Waals surface area (Å²) in [7, 11) is 2.98. The fraction of sp³-hybridized carbons (Fsp3) is 0.200. The Kier molecular flexibility index (Phi) is 6.53. The Morgan fingerprint density at radius 3 is 2.14 bits per heavy atom. The van der Waals surface area contributed by atoms with Crippen LogP contribution in [0.2, 0.25) is 0 Å². The second-order valence-corrected chi connectivity index (χ2v) is 3.93. The highest BCUT2D eigenvalue weighted by atomic mass is 16.5. The number of allylic oxidation sites excluding steroid dienone is 3. The molecule has 0 bridgehead atoms. The Balaban J connectivity index is 2.69. The number of hydrogen-bond donors (Lipinski definition) is 2. The van der Waals surface area contributed by atoms with Gasteiger partial charge in [-0.3, -0.25) is 20.4 Å². The summed E-state index contributed by atoms with van der Waals surface area (Å²) < 4.78 is 10.1. The van der Waals surface area contributed by atoms with Gasteiger partial charge in [-0.15, -0.1) is 0 Å². The Hall–Kier alpha value is -2.76. The molecule has 0 spiro atoms. The van der Waals surface area contributed by atoms with E-state index in [1.165, 1.54) is 20.3 Å². The first-order valence-corrected chi connectivity index (χ1v) is 6.23. The third-order valence-electron chi connectivity index (χ3n) is 2.46. The van der Waals surface area contributed by atoms with E-state index in [2.05, 4.69) is 10.9 Å². The average Bonchev–Trinajstić information content (AvgIpc) is 2.52. The minimum Gasteiger partial charge on any atom is -0.497 e. The molecule has 0 unspecified atom stereocenters. The van der Waals surface area contributed by atoms with Crippen LogP contribution in [0.4, 0.5) is 0 Å². The largest absolute Gasteiger partial charge is 0.497 e. The predicted octanol–water partition coefficient (Wildman–Crippen LogP) is 1.60. The van der Waals surface area contributed by atoms with E-state index in [0.29, 0.717) is 17.1 Å². The van der Waals surface area contributed by atoms with Gasteiger partial charge in [-0.1, -0.05) is 18.2 Å². The van der Waals surface area contributed by atoms with Crippen molar-refractivity contribution in [3.05, 3.63) is 48.1 Å². The molecule has 0 saturated carbocycles. The van der Waals surface area contributed by atoms with E-state index in [1.807, 2.05) is 6.92 Å². The molecule has 1 rings (SSSR count). The van der Waals surface area contributed by atoms with Crippen molar-refractivity contribution in [2.75, 3.05) is 14.2 Å². The maximum Gasteiger partial charge on any atom is 0.269 e. The number of amides is 2. The van der Waals surface area contributed by atoms with Crippen LogP contribution in [-0.2, 0) is 4.79 Å². The lowest BCUT2D eigenvalue weighted by Crippen LogP contribution is -2.40. The van der Waals surface area contributed by atoms with Crippen molar-refractivity contribution < 1.29 is 19.1 Å². The van der Waals surface area contributed by atoms with Crippen LogP contribution in [0.1, 0.15) is 17.3 Å². The van der Waals surface area contributed by atoms with Crippen molar-refractivity contribution >= 4 is 11.8 Å². The number of hydrogen-bond acceptors (Lipinski definition) is 4. The zero-order valence-corrected chi connectivity index (χ0v) is 12.2. The lowest BCUT2D eigenvalue weighted by atomic mass is 10.2. The van der Waals surface area contributed by atoms with Crippen molar-refractivity contribution in [3.63, 3.8) is 0 Å². The molecule has 0 aliphatic carbocycles. The topological polar surface area (TPSA) is 76.7 Å². The molecule has 6 nitrogen and oxygen atoms in total.